The first kappa shape index (κ1) is 15.8. The van der Waals surface area contributed by atoms with E-state index in [1.165, 1.54) is 0 Å². The molecular formula is C16H18N2O4. The Morgan fingerprint density at radius 3 is 2.50 bits per heavy atom. The summed E-state index contributed by atoms with van der Waals surface area (Å²) in [5, 5.41) is 16.0. The SMILES string of the molecule is CCC(NC(=O)Cc1cc(C)on1)(C(=O)O)c1ccccc1. The van der Waals surface area contributed by atoms with Gasteiger partial charge in [0.25, 0.3) is 0 Å². The van der Waals surface area contributed by atoms with Crippen LogP contribution in [0.15, 0.2) is 40.9 Å². The van der Waals surface area contributed by atoms with Crippen molar-refractivity contribution in [2.75, 3.05) is 0 Å². The number of aromatic nitrogens is 1. The summed E-state index contributed by atoms with van der Waals surface area (Å²) in [7, 11) is 0. The number of carboxylic acids is 1. The van der Waals surface area contributed by atoms with Gasteiger partial charge in [0.1, 0.15) is 5.76 Å². The highest BCUT2D eigenvalue weighted by Crippen LogP contribution is 2.25. The predicted octanol–water partition coefficient (Wildman–Crippen LogP) is 2.03. The first-order valence-corrected chi connectivity index (χ1v) is 7.00. The zero-order valence-corrected chi connectivity index (χ0v) is 12.5. The molecule has 1 amide bonds. The lowest BCUT2D eigenvalue weighted by molar-refractivity contribution is -0.148. The Bertz CT molecular complexity index is 666. The number of hydrogen-bond acceptors (Lipinski definition) is 4. The van der Waals surface area contributed by atoms with Gasteiger partial charge in [-0.05, 0) is 18.9 Å². The summed E-state index contributed by atoms with van der Waals surface area (Å²) in [6, 6.07) is 10.3. The average Bonchev–Trinajstić information content (AvgIpc) is 2.90. The van der Waals surface area contributed by atoms with Gasteiger partial charge in [-0.2, -0.15) is 0 Å². The monoisotopic (exact) mass is 302 g/mol. The minimum absolute atomic E-state index is 0.0286. The normalized spacial score (nSPS) is 13.4. The molecule has 22 heavy (non-hydrogen) atoms. The maximum Gasteiger partial charge on any atom is 0.334 e. The van der Waals surface area contributed by atoms with Crippen LogP contribution in [-0.2, 0) is 21.5 Å². The van der Waals surface area contributed by atoms with E-state index in [4.69, 9.17) is 4.52 Å². The smallest absolute Gasteiger partial charge is 0.334 e. The number of aliphatic carboxylic acids is 1. The highest BCUT2D eigenvalue weighted by Gasteiger charge is 2.40. The molecule has 1 unspecified atom stereocenters. The van der Waals surface area contributed by atoms with Crippen LogP contribution in [0.2, 0.25) is 0 Å². The fourth-order valence-corrected chi connectivity index (χ4v) is 2.36. The van der Waals surface area contributed by atoms with Gasteiger partial charge in [-0.1, -0.05) is 42.4 Å². The van der Waals surface area contributed by atoms with Gasteiger partial charge in [-0.25, -0.2) is 4.79 Å². The molecule has 1 atom stereocenters. The molecule has 2 rings (SSSR count). The predicted molar refractivity (Wildman–Crippen MR) is 79.1 cm³/mol. The molecule has 0 bridgehead atoms. The van der Waals surface area contributed by atoms with Crippen LogP contribution in [-0.4, -0.2) is 22.1 Å². The summed E-state index contributed by atoms with van der Waals surface area (Å²) in [4.78, 5) is 24.0. The third kappa shape index (κ3) is 3.16. The highest BCUT2D eigenvalue weighted by molar-refractivity contribution is 5.88. The Kier molecular flexibility index (Phi) is 4.60. The minimum Gasteiger partial charge on any atom is -0.479 e. The first-order valence-electron chi connectivity index (χ1n) is 7.00. The van der Waals surface area contributed by atoms with Gasteiger partial charge in [0, 0.05) is 6.07 Å². The number of aryl methyl sites for hydroxylation is 1. The van der Waals surface area contributed by atoms with Crippen molar-refractivity contribution >= 4 is 11.9 Å². The molecule has 0 aliphatic rings. The first-order chi connectivity index (χ1) is 10.5. The summed E-state index contributed by atoms with van der Waals surface area (Å²) in [6.07, 6.45) is 0.204. The molecule has 0 saturated heterocycles. The molecule has 1 aromatic carbocycles. The molecule has 0 radical (unpaired) electrons. The van der Waals surface area contributed by atoms with Crippen LogP contribution in [0.1, 0.15) is 30.4 Å². The van der Waals surface area contributed by atoms with Crippen molar-refractivity contribution in [3.8, 4) is 0 Å². The maximum absolute atomic E-state index is 12.2. The molecule has 0 aliphatic heterocycles. The van der Waals surface area contributed by atoms with Crippen molar-refractivity contribution in [2.45, 2.75) is 32.2 Å². The lowest BCUT2D eigenvalue weighted by Gasteiger charge is -2.29. The number of nitrogens with zero attached hydrogens (tertiary/aromatic N) is 1. The molecule has 0 fully saturated rings. The molecule has 6 nitrogen and oxygen atoms in total. The van der Waals surface area contributed by atoms with Crippen molar-refractivity contribution in [1.29, 1.82) is 0 Å². The zero-order valence-electron chi connectivity index (χ0n) is 12.5. The lowest BCUT2D eigenvalue weighted by atomic mass is 9.87. The molecule has 0 saturated carbocycles. The summed E-state index contributed by atoms with van der Waals surface area (Å²) in [5.41, 5.74) is -0.440. The van der Waals surface area contributed by atoms with E-state index in [9.17, 15) is 14.7 Å². The second-order valence-electron chi connectivity index (χ2n) is 5.08. The second-order valence-corrected chi connectivity index (χ2v) is 5.08. The van der Waals surface area contributed by atoms with E-state index in [2.05, 4.69) is 10.5 Å². The zero-order chi connectivity index (χ0) is 16.2. The van der Waals surface area contributed by atoms with Crippen LogP contribution in [0.4, 0.5) is 0 Å². The Morgan fingerprint density at radius 2 is 2.00 bits per heavy atom. The molecule has 6 heteroatoms. The van der Waals surface area contributed by atoms with Gasteiger partial charge in [-0.3, -0.25) is 4.79 Å². The molecule has 2 aromatic rings. The summed E-state index contributed by atoms with van der Waals surface area (Å²) >= 11 is 0. The van der Waals surface area contributed by atoms with E-state index in [0.717, 1.165) is 0 Å². The fraction of sp³-hybridized carbons (Fsp3) is 0.312. The van der Waals surface area contributed by atoms with E-state index in [0.29, 0.717) is 17.0 Å². The Labute approximate surface area is 128 Å². The van der Waals surface area contributed by atoms with Crippen LogP contribution in [0.3, 0.4) is 0 Å². The van der Waals surface area contributed by atoms with Crippen molar-refractivity contribution in [3.63, 3.8) is 0 Å². The fourth-order valence-electron chi connectivity index (χ4n) is 2.36. The van der Waals surface area contributed by atoms with E-state index in [-0.39, 0.29) is 12.8 Å². The van der Waals surface area contributed by atoms with Gasteiger partial charge in [0.15, 0.2) is 5.54 Å². The number of carboxylic acid groups (broad SMARTS) is 1. The molecule has 2 N–H and O–H groups in total. The summed E-state index contributed by atoms with van der Waals surface area (Å²) < 4.78 is 4.91. The minimum atomic E-state index is -1.45. The summed E-state index contributed by atoms with van der Waals surface area (Å²) in [6.45, 7) is 3.45. The van der Waals surface area contributed by atoms with Gasteiger partial charge in [0.05, 0.1) is 12.1 Å². The van der Waals surface area contributed by atoms with Crippen LogP contribution in [0, 0.1) is 6.92 Å². The number of carbonyl (C=O) groups is 2. The van der Waals surface area contributed by atoms with Crippen molar-refractivity contribution in [2.24, 2.45) is 0 Å². The standard InChI is InChI=1S/C16H18N2O4/c1-3-16(15(20)21,12-7-5-4-6-8-12)17-14(19)10-13-9-11(2)22-18-13/h4-9H,3,10H2,1-2H3,(H,17,19)(H,20,21). The van der Waals surface area contributed by atoms with Crippen LogP contribution in [0.5, 0.6) is 0 Å². The second kappa shape index (κ2) is 6.43. The molecule has 0 spiro atoms. The van der Waals surface area contributed by atoms with Crippen LogP contribution >= 0.6 is 0 Å². The Balaban J connectivity index is 2.23. The largest absolute Gasteiger partial charge is 0.479 e. The summed E-state index contributed by atoms with van der Waals surface area (Å²) in [5.74, 6) is -0.905. The number of carbonyl (C=O) groups excluding carboxylic acids is 1. The molecule has 1 aromatic heterocycles. The van der Waals surface area contributed by atoms with E-state index in [1.807, 2.05) is 0 Å². The lowest BCUT2D eigenvalue weighted by Crippen LogP contribution is -2.52. The van der Waals surface area contributed by atoms with E-state index < -0.39 is 17.4 Å². The Hall–Kier alpha value is -2.63. The third-order valence-corrected chi connectivity index (χ3v) is 3.53. The highest BCUT2D eigenvalue weighted by atomic mass is 16.5. The number of nitrogens with one attached hydrogen (secondary N) is 1. The van der Waals surface area contributed by atoms with Gasteiger partial charge in [-0.15, -0.1) is 0 Å². The number of amides is 1. The molecule has 0 aliphatic carbocycles. The quantitative estimate of drug-likeness (QED) is 0.851. The average molecular weight is 302 g/mol. The third-order valence-electron chi connectivity index (χ3n) is 3.53. The number of hydrogen-bond donors (Lipinski definition) is 2. The van der Waals surface area contributed by atoms with Gasteiger partial charge in [0.2, 0.25) is 5.91 Å². The molecular weight excluding hydrogens is 284 g/mol. The Morgan fingerprint density at radius 1 is 1.32 bits per heavy atom. The van der Waals surface area contributed by atoms with Crippen molar-refractivity contribution in [1.82, 2.24) is 10.5 Å². The van der Waals surface area contributed by atoms with Crippen molar-refractivity contribution in [3.05, 3.63) is 53.4 Å². The maximum atomic E-state index is 12.2. The van der Waals surface area contributed by atoms with E-state index >= 15 is 0 Å². The van der Waals surface area contributed by atoms with Crippen LogP contribution < -0.4 is 5.32 Å². The van der Waals surface area contributed by atoms with Crippen LogP contribution in [0.25, 0.3) is 0 Å². The van der Waals surface area contributed by atoms with Crippen molar-refractivity contribution < 1.29 is 19.2 Å². The number of benzene rings is 1. The number of rotatable bonds is 6. The molecule has 1 heterocycles. The van der Waals surface area contributed by atoms with Gasteiger partial charge >= 0.3 is 5.97 Å². The van der Waals surface area contributed by atoms with Gasteiger partial charge < -0.3 is 14.9 Å². The topological polar surface area (TPSA) is 92.4 Å². The molecule has 116 valence electrons. The van der Waals surface area contributed by atoms with E-state index in [1.54, 1.807) is 50.2 Å².